The van der Waals surface area contributed by atoms with Crippen molar-refractivity contribution in [2.24, 2.45) is 5.92 Å². The van der Waals surface area contributed by atoms with E-state index in [4.69, 9.17) is 9.53 Å². The molecule has 1 aromatic carbocycles. The molecular weight excluding hydrogens is 368 g/mol. The Hall–Kier alpha value is -1.43. The van der Waals surface area contributed by atoms with E-state index in [9.17, 15) is 9.90 Å². The maximum atomic E-state index is 11.2. The lowest BCUT2D eigenvalue weighted by Crippen LogP contribution is -2.44. The lowest BCUT2D eigenvalue weighted by atomic mass is 9.91. The lowest BCUT2D eigenvalue weighted by molar-refractivity contribution is -0.138. The Morgan fingerprint density at radius 2 is 1.89 bits per heavy atom. The maximum Gasteiger partial charge on any atom is 0.304 e. The standard InChI is InChI=1S/C23H36O4Si/c1-23(2,3)28(4,5)27-19(15-17-9-7-6-8-10-17)13-11-18-12-14-21(24)20(18)16-22(25)26/h6-10,12,19-21,24H,11,13-16H2,1-5H3,(H,25,26)/t19?,20-,21+/m1/s1. The van der Waals surface area contributed by atoms with Crippen LogP contribution in [0, 0.1) is 5.92 Å². The summed E-state index contributed by atoms with van der Waals surface area (Å²) in [5.74, 6) is -1.11. The zero-order chi connectivity index (χ0) is 20.9. The molecule has 2 N–H and O–H groups in total. The highest BCUT2D eigenvalue weighted by Crippen LogP contribution is 2.39. The summed E-state index contributed by atoms with van der Waals surface area (Å²) in [5, 5.41) is 19.5. The molecule has 1 aliphatic rings. The van der Waals surface area contributed by atoms with Gasteiger partial charge < -0.3 is 14.6 Å². The Morgan fingerprint density at radius 3 is 2.46 bits per heavy atom. The number of hydrogen-bond donors (Lipinski definition) is 2. The third-order valence-electron chi connectivity index (χ3n) is 6.29. The van der Waals surface area contributed by atoms with Crippen LogP contribution in [-0.2, 0) is 15.6 Å². The average molecular weight is 405 g/mol. The molecule has 0 saturated heterocycles. The predicted octanol–water partition coefficient (Wildman–Crippen LogP) is 5.18. The number of hydrogen-bond acceptors (Lipinski definition) is 3. The third kappa shape index (κ3) is 6.29. The Morgan fingerprint density at radius 1 is 1.25 bits per heavy atom. The van der Waals surface area contributed by atoms with Crippen LogP contribution in [0.15, 0.2) is 42.0 Å². The summed E-state index contributed by atoms with van der Waals surface area (Å²) in [6.07, 6.45) is 4.58. The number of aliphatic carboxylic acids is 1. The van der Waals surface area contributed by atoms with E-state index in [-0.39, 0.29) is 23.5 Å². The zero-order valence-electron chi connectivity index (χ0n) is 17.9. The monoisotopic (exact) mass is 404 g/mol. The number of aliphatic hydroxyl groups is 1. The van der Waals surface area contributed by atoms with Gasteiger partial charge in [-0.1, -0.05) is 62.8 Å². The molecule has 156 valence electrons. The first kappa shape index (κ1) is 22.9. The van der Waals surface area contributed by atoms with Gasteiger partial charge in [0.25, 0.3) is 0 Å². The van der Waals surface area contributed by atoms with Crippen LogP contribution >= 0.6 is 0 Å². The van der Waals surface area contributed by atoms with E-state index < -0.39 is 20.4 Å². The van der Waals surface area contributed by atoms with Gasteiger partial charge >= 0.3 is 5.97 Å². The van der Waals surface area contributed by atoms with Crippen LogP contribution in [0.5, 0.6) is 0 Å². The topological polar surface area (TPSA) is 66.8 Å². The minimum absolute atomic E-state index is 0.000552. The molecule has 4 nitrogen and oxygen atoms in total. The van der Waals surface area contributed by atoms with E-state index >= 15 is 0 Å². The zero-order valence-corrected chi connectivity index (χ0v) is 18.9. The fourth-order valence-electron chi connectivity index (χ4n) is 3.58. The first-order valence-electron chi connectivity index (χ1n) is 10.3. The summed E-state index contributed by atoms with van der Waals surface area (Å²) in [6.45, 7) is 11.3. The van der Waals surface area contributed by atoms with E-state index in [0.717, 1.165) is 24.8 Å². The number of carboxylic acids is 1. The minimum atomic E-state index is -1.92. The first-order chi connectivity index (χ1) is 13.0. The van der Waals surface area contributed by atoms with Crippen molar-refractivity contribution in [2.75, 3.05) is 0 Å². The molecule has 1 unspecified atom stereocenters. The summed E-state index contributed by atoms with van der Waals surface area (Å²) >= 11 is 0. The van der Waals surface area contributed by atoms with Crippen molar-refractivity contribution in [3.63, 3.8) is 0 Å². The van der Waals surface area contributed by atoms with Crippen LogP contribution in [0.2, 0.25) is 18.1 Å². The Kier molecular flexibility index (Phi) is 7.65. The number of aliphatic hydroxyl groups excluding tert-OH is 1. The van der Waals surface area contributed by atoms with Gasteiger partial charge in [0.2, 0.25) is 0 Å². The van der Waals surface area contributed by atoms with E-state index in [2.05, 4.69) is 58.1 Å². The minimum Gasteiger partial charge on any atom is -0.481 e. The van der Waals surface area contributed by atoms with Gasteiger partial charge in [-0.2, -0.15) is 0 Å². The summed E-state index contributed by atoms with van der Waals surface area (Å²) in [6, 6.07) is 10.4. The van der Waals surface area contributed by atoms with E-state index in [1.54, 1.807) is 0 Å². The van der Waals surface area contributed by atoms with Gasteiger partial charge in [0.15, 0.2) is 8.32 Å². The van der Waals surface area contributed by atoms with Crippen molar-refractivity contribution in [3.8, 4) is 0 Å². The molecule has 3 atom stereocenters. The second-order valence-electron chi connectivity index (χ2n) is 9.52. The van der Waals surface area contributed by atoms with Crippen molar-refractivity contribution in [3.05, 3.63) is 47.5 Å². The number of benzene rings is 1. The lowest BCUT2D eigenvalue weighted by Gasteiger charge is -2.39. The molecule has 28 heavy (non-hydrogen) atoms. The van der Waals surface area contributed by atoms with Gasteiger partial charge in [0, 0.05) is 12.0 Å². The maximum absolute atomic E-state index is 11.2. The van der Waals surface area contributed by atoms with Crippen LogP contribution < -0.4 is 0 Å². The van der Waals surface area contributed by atoms with Gasteiger partial charge in [0.05, 0.1) is 12.5 Å². The van der Waals surface area contributed by atoms with E-state index in [1.165, 1.54) is 5.56 Å². The highest BCUT2D eigenvalue weighted by molar-refractivity contribution is 6.74. The van der Waals surface area contributed by atoms with Gasteiger partial charge in [-0.25, -0.2) is 0 Å². The van der Waals surface area contributed by atoms with Gasteiger partial charge in [-0.3, -0.25) is 4.79 Å². The number of rotatable bonds is 9. The van der Waals surface area contributed by atoms with Crippen molar-refractivity contribution in [2.45, 2.75) is 83.2 Å². The molecule has 0 aliphatic heterocycles. The van der Waals surface area contributed by atoms with Crippen LogP contribution in [-0.4, -0.2) is 36.7 Å². The summed E-state index contributed by atoms with van der Waals surface area (Å²) < 4.78 is 6.74. The number of carbonyl (C=O) groups is 1. The highest BCUT2D eigenvalue weighted by atomic mass is 28.4. The molecule has 5 heteroatoms. The molecule has 0 saturated carbocycles. The Labute approximate surface area is 170 Å². The molecule has 0 radical (unpaired) electrons. The van der Waals surface area contributed by atoms with Gasteiger partial charge in [-0.15, -0.1) is 0 Å². The molecular formula is C23H36O4Si. The van der Waals surface area contributed by atoms with E-state index in [0.29, 0.717) is 6.42 Å². The second kappa shape index (κ2) is 9.38. The molecule has 0 aromatic heterocycles. The SMILES string of the molecule is CC(C)(C)[Si](C)(C)OC(CCC1=CC[C@H](O)[C@@H]1CC(=O)O)Cc1ccccc1. The van der Waals surface area contributed by atoms with Crippen molar-refractivity contribution < 1.29 is 19.4 Å². The molecule has 0 bridgehead atoms. The molecule has 1 aromatic rings. The van der Waals surface area contributed by atoms with E-state index in [1.807, 2.05) is 12.1 Å². The quantitative estimate of drug-likeness (QED) is 0.439. The van der Waals surface area contributed by atoms with Crippen molar-refractivity contribution in [1.82, 2.24) is 0 Å². The molecule has 0 amide bonds. The predicted molar refractivity (Wildman–Crippen MR) is 116 cm³/mol. The van der Waals surface area contributed by atoms with Crippen LogP contribution in [0.1, 0.15) is 52.0 Å². The summed E-state index contributed by atoms with van der Waals surface area (Å²) in [4.78, 5) is 11.2. The molecule has 1 aliphatic carbocycles. The van der Waals surface area contributed by atoms with Crippen molar-refractivity contribution in [1.29, 1.82) is 0 Å². The Bertz CT molecular complexity index is 676. The molecule has 0 spiro atoms. The number of carboxylic acid groups (broad SMARTS) is 1. The average Bonchev–Trinajstić information content (AvgIpc) is 2.92. The Balaban J connectivity index is 2.10. The largest absolute Gasteiger partial charge is 0.481 e. The molecule has 0 fully saturated rings. The fraction of sp³-hybridized carbons (Fsp3) is 0.609. The summed E-state index contributed by atoms with van der Waals surface area (Å²) in [5.41, 5.74) is 2.33. The fourth-order valence-corrected chi connectivity index (χ4v) is 4.97. The van der Waals surface area contributed by atoms with Gasteiger partial charge in [-0.05, 0) is 49.4 Å². The smallest absolute Gasteiger partial charge is 0.304 e. The first-order valence-corrected chi connectivity index (χ1v) is 13.2. The highest BCUT2D eigenvalue weighted by Gasteiger charge is 2.39. The van der Waals surface area contributed by atoms with Crippen LogP contribution in [0.4, 0.5) is 0 Å². The van der Waals surface area contributed by atoms with Crippen molar-refractivity contribution >= 4 is 14.3 Å². The third-order valence-corrected chi connectivity index (χ3v) is 10.8. The second-order valence-corrected chi connectivity index (χ2v) is 14.3. The molecule has 0 heterocycles. The van der Waals surface area contributed by atoms with Crippen LogP contribution in [0.3, 0.4) is 0 Å². The van der Waals surface area contributed by atoms with Crippen LogP contribution in [0.25, 0.3) is 0 Å². The normalized spacial score (nSPS) is 21.4. The molecule has 2 rings (SSSR count). The van der Waals surface area contributed by atoms with Gasteiger partial charge in [0.1, 0.15) is 0 Å². The summed E-state index contributed by atoms with van der Waals surface area (Å²) in [7, 11) is -1.92.